The maximum Gasteiger partial charge on any atom is 0.243 e. The van der Waals surface area contributed by atoms with Crippen molar-refractivity contribution < 1.29 is 17.9 Å². The van der Waals surface area contributed by atoms with E-state index < -0.39 is 10.0 Å². The first-order chi connectivity index (χ1) is 15.0. The zero-order valence-corrected chi connectivity index (χ0v) is 19.4. The fraction of sp³-hybridized carbons (Fsp3) is 0.238. The molecule has 8 nitrogen and oxygen atoms in total. The molecule has 160 valence electrons. The number of ether oxygens (including phenoxy) is 2. The first-order valence-corrected chi connectivity index (χ1v) is 12.3. The molecule has 1 fully saturated rings. The lowest BCUT2D eigenvalue weighted by Crippen LogP contribution is -2.49. The Hall–Kier alpha value is -2.44. The van der Waals surface area contributed by atoms with Crippen LogP contribution in [0.2, 0.25) is 0 Å². The van der Waals surface area contributed by atoms with Gasteiger partial charge in [0.15, 0.2) is 17.3 Å². The smallest absolute Gasteiger partial charge is 0.243 e. The minimum absolute atomic E-state index is 0.231. The van der Waals surface area contributed by atoms with E-state index in [0.29, 0.717) is 36.8 Å². The third-order valence-electron chi connectivity index (χ3n) is 5.33. The minimum atomic E-state index is -3.49. The second-order valence-corrected chi connectivity index (χ2v) is 10.4. The quantitative estimate of drug-likeness (QED) is 0.462. The standard InChI is InChI=1S/C21H19IN4O4S/c22-16-2-4-17(5-3-16)31(27,28)26-11-9-25(10-12-26)21-8-6-18(23-24-21)15-1-7-19-20(13-15)30-14-29-19/h1-8,13H,9-12,14H2. The highest BCUT2D eigenvalue weighted by Gasteiger charge is 2.29. The molecular weight excluding hydrogens is 531 g/mol. The summed E-state index contributed by atoms with van der Waals surface area (Å²) in [6, 6.07) is 16.4. The molecule has 0 N–H and O–H groups in total. The van der Waals surface area contributed by atoms with Gasteiger partial charge in [-0.15, -0.1) is 10.2 Å². The van der Waals surface area contributed by atoms with Crippen LogP contribution in [0, 0.1) is 3.57 Å². The predicted molar refractivity (Wildman–Crippen MR) is 124 cm³/mol. The first kappa shape index (κ1) is 20.5. The number of rotatable bonds is 4. The van der Waals surface area contributed by atoms with Crippen molar-refractivity contribution in [1.82, 2.24) is 14.5 Å². The van der Waals surface area contributed by atoms with Crippen molar-refractivity contribution in [3.63, 3.8) is 0 Å². The number of piperazine rings is 1. The normalized spacial score (nSPS) is 16.5. The summed E-state index contributed by atoms with van der Waals surface area (Å²) in [6.07, 6.45) is 0. The Labute approximate surface area is 194 Å². The van der Waals surface area contributed by atoms with E-state index in [4.69, 9.17) is 9.47 Å². The van der Waals surface area contributed by atoms with Gasteiger partial charge >= 0.3 is 0 Å². The summed E-state index contributed by atoms with van der Waals surface area (Å²) in [5, 5.41) is 8.72. The maximum atomic E-state index is 12.9. The van der Waals surface area contributed by atoms with Gasteiger partial charge < -0.3 is 14.4 Å². The van der Waals surface area contributed by atoms with Gasteiger partial charge in [0.25, 0.3) is 0 Å². The Bertz CT molecular complexity index is 1200. The summed E-state index contributed by atoms with van der Waals surface area (Å²) in [5.41, 5.74) is 1.64. The SMILES string of the molecule is O=S(=O)(c1ccc(I)cc1)N1CCN(c2ccc(-c3ccc4c(c3)OCO4)nn2)CC1. The number of fused-ring (bicyclic) bond motifs is 1. The molecule has 0 aliphatic carbocycles. The van der Waals surface area contributed by atoms with Crippen LogP contribution in [-0.4, -0.2) is 55.9 Å². The van der Waals surface area contributed by atoms with Crippen LogP contribution in [0.1, 0.15) is 0 Å². The Morgan fingerprint density at radius 1 is 0.839 bits per heavy atom. The number of nitrogens with zero attached hydrogens (tertiary/aromatic N) is 4. The Balaban J connectivity index is 1.26. The molecule has 0 spiro atoms. The van der Waals surface area contributed by atoms with Crippen LogP contribution in [0.15, 0.2) is 59.5 Å². The van der Waals surface area contributed by atoms with Gasteiger partial charge in [0, 0.05) is 35.3 Å². The van der Waals surface area contributed by atoms with Crippen molar-refractivity contribution in [2.24, 2.45) is 0 Å². The molecule has 10 heteroatoms. The zero-order chi connectivity index (χ0) is 21.4. The lowest BCUT2D eigenvalue weighted by atomic mass is 10.1. The van der Waals surface area contributed by atoms with Crippen LogP contribution in [0.25, 0.3) is 11.3 Å². The predicted octanol–water partition coefficient (Wildman–Crippen LogP) is 2.99. The number of hydrogen-bond acceptors (Lipinski definition) is 7. The van der Waals surface area contributed by atoms with Gasteiger partial charge in [0.1, 0.15) is 0 Å². The molecule has 2 aliphatic rings. The Kier molecular flexibility index (Phi) is 5.44. The lowest BCUT2D eigenvalue weighted by molar-refractivity contribution is 0.174. The van der Waals surface area contributed by atoms with E-state index in [1.54, 1.807) is 24.3 Å². The summed E-state index contributed by atoms with van der Waals surface area (Å²) >= 11 is 2.16. The van der Waals surface area contributed by atoms with E-state index in [-0.39, 0.29) is 6.79 Å². The van der Waals surface area contributed by atoms with E-state index in [1.807, 2.05) is 30.3 Å². The molecule has 1 saturated heterocycles. The number of hydrogen-bond donors (Lipinski definition) is 0. The van der Waals surface area contributed by atoms with Gasteiger partial charge in [0.2, 0.25) is 16.8 Å². The summed E-state index contributed by atoms with van der Waals surface area (Å²) in [7, 11) is -3.49. The molecule has 5 rings (SSSR count). The minimum Gasteiger partial charge on any atom is -0.454 e. The summed E-state index contributed by atoms with van der Waals surface area (Å²) in [4.78, 5) is 2.38. The van der Waals surface area contributed by atoms with Crippen molar-refractivity contribution in [1.29, 1.82) is 0 Å². The van der Waals surface area contributed by atoms with Crippen molar-refractivity contribution in [3.8, 4) is 22.8 Å². The Morgan fingerprint density at radius 3 is 2.29 bits per heavy atom. The molecule has 2 aliphatic heterocycles. The third-order valence-corrected chi connectivity index (χ3v) is 7.96. The van der Waals surface area contributed by atoms with Crippen molar-refractivity contribution in [3.05, 3.63) is 58.2 Å². The van der Waals surface area contributed by atoms with Gasteiger partial charge in [-0.2, -0.15) is 4.31 Å². The second kappa shape index (κ2) is 8.24. The first-order valence-electron chi connectivity index (χ1n) is 9.75. The fourth-order valence-electron chi connectivity index (χ4n) is 3.62. The van der Waals surface area contributed by atoms with Crippen LogP contribution in [-0.2, 0) is 10.0 Å². The van der Waals surface area contributed by atoms with Crippen LogP contribution in [0.4, 0.5) is 5.82 Å². The van der Waals surface area contributed by atoms with E-state index in [2.05, 4.69) is 37.7 Å². The van der Waals surface area contributed by atoms with Crippen molar-refractivity contribution in [2.75, 3.05) is 37.9 Å². The molecule has 3 heterocycles. The van der Waals surface area contributed by atoms with E-state index >= 15 is 0 Å². The van der Waals surface area contributed by atoms with Crippen LogP contribution < -0.4 is 14.4 Å². The number of halogens is 1. The van der Waals surface area contributed by atoms with Gasteiger partial charge in [-0.05, 0) is 77.2 Å². The molecule has 0 bridgehead atoms. The van der Waals surface area contributed by atoms with Gasteiger partial charge in [-0.25, -0.2) is 8.42 Å². The van der Waals surface area contributed by atoms with E-state index in [9.17, 15) is 8.42 Å². The summed E-state index contributed by atoms with van der Waals surface area (Å²) < 4.78 is 39.1. The van der Waals surface area contributed by atoms with E-state index in [1.165, 1.54) is 4.31 Å². The van der Waals surface area contributed by atoms with Crippen LogP contribution in [0.3, 0.4) is 0 Å². The second-order valence-electron chi connectivity index (χ2n) is 7.19. The lowest BCUT2D eigenvalue weighted by Gasteiger charge is -2.34. The number of sulfonamides is 1. The molecular formula is C21H19IN4O4S. The number of aromatic nitrogens is 2. The highest BCUT2D eigenvalue weighted by molar-refractivity contribution is 14.1. The van der Waals surface area contributed by atoms with Gasteiger partial charge in [-0.1, -0.05) is 0 Å². The highest BCUT2D eigenvalue weighted by Crippen LogP contribution is 2.35. The zero-order valence-electron chi connectivity index (χ0n) is 16.4. The summed E-state index contributed by atoms with van der Waals surface area (Å²) in [5.74, 6) is 2.16. The van der Waals surface area contributed by atoms with Gasteiger partial charge in [0.05, 0.1) is 10.6 Å². The largest absolute Gasteiger partial charge is 0.454 e. The highest BCUT2D eigenvalue weighted by atomic mass is 127. The third kappa shape index (κ3) is 4.06. The topological polar surface area (TPSA) is 84.9 Å². The van der Waals surface area contributed by atoms with Crippen molar-refractivity contribution in [2.45, 2.75) is 4.90 Å². The molecule has 1 aromatic heterocycles. The number of benzene rings is 2. The monoisotopic (exact) mass is 550 g/mol. The Morgan fingerprint density at radius 2 is 1.58 bits per heavy atom. The van der Waals surface area contributed by atoms with Crippen LogP contribution >= 0.6 is 22.6 Å². The maximum absolute atomic E-state index is 12.9. The van der Waals surface area contributed by atoms with Crippen molar-refractivity contribution >= 4 is 38.4 Å². The molecule has 0 atom stereocenters. The molecule has 2 aromatic carbocycles. The van der Waals surface area contributed by atoms with Crippen LogP contribution in [0.5, 0.6) is 11.5 Å². The molecule has 0 amide bonds. The summed E-state index contributed by atoms with van der Waals surface area (Å²) in [6.45, 7) is 2.15. The molecule has 0 unspecified atom stereocenters. The average Bonchev–Trinajstić information content (AvgIpc) is 3.28. The fourth-order valence-corrected chi connectivity index (χ4v) is 5.40. The molecule has 0 radical (unpaired) electrons. The number of anilines is 1. The molecule has 0 saturated carbocycles. The molecule has 31 heavy (non-hydrogen) atoms. The average molecular weight is 550 g/mol. The molecule has 3 aromatic rings. The van der Waals surface area contributed by atoms with E-state index in [0.717, 1.165) is 26.4 Å². The van der Waals surface area contributed by atoms with Gasteiger partial charge in [-0.3, -0.25) is 0 Å².